The topological polar surface area (TPSA) is 47.6 Å². The molecule has 1 aliphatic heterocycles. The molecule has 2 rings (SSSR count). The van der Waals surface area contributed by atoms with Crippen molar-refractivity contribution >= 4 is 6.09 Å². The molecule has 80 valence electrons. The van der Waals surface area contributed by atoms with Gasteiger partial charge in [0, 0.05) is 18.0 Å². The molecule has 1 N–H and O–H groups in total. The summed E-state index contributed by atoms with van der Waals surface area (Å²) in [6, 6.07) is 7.77. The molecule has 1 atom stereocenters. The first-order valence-electron chi connectivity index (χ1n) is 4.85. The summed E-state index contributed by atoms with van der Waals surface area (Å²) < 4.78 is 10.2. The molecular weight excluding hydrogens is 194 g/mol. The maximum Gasteiger partial charge on any atom is 0.407 e. The highest BCUT2D eigenvalue weighted by atomic mass is 16.6. The molecule has 0 spiro atoms. The normalized spacial score (nSPS) is 20.3. The number of rotatable bonds is 2. The third-order valence-corrected chi connectivity index (χ3v) is 2.49. The number of carbonyl (C=O) groups excluding carboxylic acids is 1. The first-order valence-corrected chi connectivity index (χ1v) is 4.85. The molecule has 0 bridgehead atoms. The van der Waals surface area contributed by atoms with E-state index in [1.165, 1.54) is 0 Å². The van der Waals surface area contributed by atoms with Gasteiger partial charge in [-0.15, -0.1) is 0 Å². The molecule has 1 unspecified atom stereocenters. The first-order chi connectivity index (χ1) is 7.31. The van der Waals surface area contributed by atoms with E-state index in [2.05, 4.69) is 5.32 Å². The predicted octanol–water partition coefficient (Wildman–Crippen LogP) is 1.52. The number of nitrogens with one attached hydrogen (secondary N) is 1. The van der Waals surface area contributed by atoms with Crippen LogP contribution in [0.4, 0.5) is 4.79 Å². The summed E-state index contributed by atoms with van der Waals surface area (Å²) in [5.41, 5.74) is 1.07. The molecule has 0 saturated carbocycles. The van der Waals surface area contributed by atoms with Gasteiger partial charge in [-0.3, -0.25) is 0 Å². The third-order valence-electron chi connectivity index (χ3n) is 2.49. The largest absolute Gasteiger partial charge is 0.496 e. The van der Waals surface area contributed by atoms with Crippen molar-refractivity contribution < 1.29 is 14.3 Å². The third kappa shape index (κ3) is 2.03. The van der Waals surface area contributed by atoms with Crippen molar-refractivity contribution in [2.75, 3.05) is 20.3 Å². The van der Waals surface area contributed by atoms with Crippen LogP contribution in [0.2, 0.25) is 0 Å². The zero-order valence-corrected chi connectivity index (χ0v) is 8.53. The zero-order chi connectivity index (χ0) is 10.7. The van der Waals surface area contributed by atoms with Gasteiger partial charge in [0.25, 0.3) is 0 Å². The Balaban J connectivity index is 2.18. The highest BCUT2D eigenvalue weighted by molar-refractivity contribution is 5.68. The van der Waals surface area contributed by atoms with Crippen LogP contribution in [0.5, 0.6) is 5.75 Å². The highest BCUT2D eigenvalue weighted by Gasteiger charge is 2.22. The van der Waals surface area contributed by atoms with E-state index < -0.39 is 0 Å². The van der Waals surface area contributed by atoms with Crippen LogP contribution in [0.1, 0.15) is 11.5 Å². The number of benzene rings is 1. The molecule has 1 aliphatic rings. The fraction of sp³-hybridized carbons (Fsp3) is 0.364. The van der Waals surface area contributed by atoms with Gasteiger partial charge in [0.2, 0.25) is 0 Å². The number of methoxy groups -OCH3 is 1. The van der Waals surface area contributed by atoms with Crippen LogP contribution in [0.3, 0.4) is 0 Å². The van der Waals surface area contributed by atoms with Crippen molar-refractivity contribution in [3.63, 3.8) is 0 Å². The molecule has 0 aliphatic carbocycles. The zero-order valence-electron chi connectivity index (χ0n) is 8.53. The number of ether oxygens (including phenoxy) is 2. The number of hydrogen-bond acceptors (Lipinski definition) is 3. The van der Waals surface area contributed by atoms with Gasteiger partial charge in [0.1, 0.15) is 12.4 Å². The fourth-order valence-corrected chi connectivity index (χ4v) is 1.70. The Morgan fingerprint density at radius 3 is 2.93 bits per heavy atom. The van der Waals surface area contributed by atoms with E-state index in [4.69, 9.17) is 9.47 Å². The molecule has 1 saturated heterocycles. The van der Waals surface area contributed by atoms with E-state index in [1.54, 1.807) is 7.11 Å². The Hall–Kier alpha value is -1.71. The summed E-state index contributed by atoms with van der Waals surface area (Å²) in [6.07, 6.45) is -0.346. The molecule has 15 heavy (non-hydrogen) atoms. The summed E-state index contributed by atoms with van der Waals surface area (Å²) in [7, 11) is 1.64. The second-order valence-corrected chi connectivity index (χ2v) is 3.42. The summed E-state index contributed by atoms with van der Waals surface area (Å²) >= 11 is 0. The lowest BCUT2D eigenvalue weighted by molar-refractivity contribution is 0.119. The van der Waals surface area contributed by atoms with Crippen LogP contribution in [0.25, 0.3) is 0 Å². The molecule has 0 radical (unpaired) electrons. The second-order valence-electron chi connectivity index (χ2n) is 3.42. The predicted molar refractivity (Wildman–Crippen MR) is 55.1 cm³/mol. The molecule has 1 aromatic rings. The molecular formula is C11H13NO3. The monoisotopic (exact) mass is 207 g/mol. The fourth-order valence-electron chi connectivity index (χ4n) is 1.70. The van der Waals surface area contributed by atoms with Crippen LogP contribution in [-0.4, -0.2) is 26.4 Å². The molecule has 1 fully saturated rings. The van der Waals surface area contributed by atoms with Gasteiger partial charge in [0.05, 0.1) is 7.11 Å². The Bertz CT molecular complexity index is 355. The second kappa shape index (κ2) is 4.21. The Labute approximate surface area is 88.2 Å². The van der Waals surface area contributed by atoms with Crippen LogP contribution >= 0.6 is 0 Å². The van der Waals surface area contributed by atoms with Gasteiger partial charge in [-0.25, -0.2) is 4.79 Å². The SMILES string of the molecule is COc1ccccc1C1CNC(=O)OC1. The van der Waals surface area contributed by atoms with Gasteiger partial charge < -0.3 is 14.8 Å². The van der Waals surface area contributed by atoms with Crippen molar-refractivity contribution in [2.24, 2.45) is 0 Å². The quantitative estimate of drug-likeness (QED) is 0.799. The Kier molecular flexibility index (Phi) is 2.76. The minimum Gasteiger partial charge on any atom is -0.496 e. The molecule has 1 amide bonds. The first kappa shape index (κ1) is 9.83. The summed E-state index contributed by atoms with van der Waals surface area (Å²) in [4.78, 5) is 10.8. The lowest BCUT2D eigenvalue weighted by Gasteiger charge is -2.24. The summed E-state index contributed by atoms with van der Waals surface area (Å²) in [6.45, 7) is 1.01. The van der Waals surface area contributed by atoms with Gasteiger partial charge >= 0.3 is 6.09 Å². The van der Waals surface area contributed by atoms with E-state index in [1.807, 2.05) is 24.3 Å². The Morgan fingerprint density at radius 1 is 1.47 bits per heavy atom. The van der Waals surface area contributed by atoms with Crippen molar-refractivity contribution in [3.8, 4) is 5.75 Å². The van der Waals surface area contributed by atoms with E-state index in [9.17, 15) is 4.79 Å². The number of carbonyl (C=O) groups is 1. The van der Waals surface area contributed by atoms with Crippen LogP contribution in [0, 0.1) is 0 Å². The number of para-hydroxylation sites is 1. The lowest BCUT2D eigenvalue weighted by Crippen LogP contribution is -2.37. The van der Waals surface area contributed by atoms with Crippen LogP contribution < -0.4 is 10.1 Å². The summed E-state index contributed by atoms with van der Waals surface area (Å²) in [5, 5.41) is 2.67. The molecule has 4 nitrogen and oxygen atoms in total. The van der Waals surface area contributed by atoms with Crippen molar-refractivity contribution in [3.05, 3.63) is 29.8 Å². The van der Waals surface area contributed by atoms with E-state index >= 15 is 0 Å². The van der Waals surface area contributed by atoms with E-state index in [0.717, 1.165) is 11.3 Å². The summed E-state index contributed by atoms with van der Waals surface area (Å²) in [5.74, 6) is 1.00. The van der Waals surface area contributed by atoms with Crippen LogP contribution in [-0.2, 0) is 4.74 Å². The average molecular weight is 207 g/mol. The van der Waals surface area contributed by atoms with Crippen molar-refractivity contribution in [1.29, 1.82) is 0 Å². The minimum absolute atomic E-state index is 0.166. The number of cyclic esters (lactones) is 1. The smallest absolute Gasteiger partial charge is 0.407 e. The number of alkyl carbamates (subject to hydrolysis) is 1. The standard InChI is InChI=1S/C11H13NO3/c1-14-10-5-3-2-4-9(10)8-6-12-11(13)15-7-8/h2-5,8H,6-7H2,1H3,(H,12,13). The number of amides is 1. The highest BCUT2D eigenvalue weighted by Crippen LogP contribution is 2.27. The van der Waals surface area contributed by atoms with Gasteiger partial charge in [0.15, 0.2) is 0 Å². The van der Waals surface area contributed by atoms with E-state index in [0.29, 0.717) is 13.2 Å². The van der Waals surface area contributed by atoms with Crippen LogP contribution in [0.15, 0.2) is 24.3 Å². The molecule has 1 aromatic carbocycles. The van der Waals surface area contributed by atoms with Crippen molar-refractivity contribution in [1.82, 2.24) is 5.32 Å². The van der Waals surface area contributed by atoms with E-state index in [-0.39, 0.29) is 12.0 Å². The average Bonchev–Trinajstić information content (AvgIpc) is 2.30. The van der Waals surface area contributed by atoms with Gasteiger partial charge in [-0.2, -0.15) is 0 Å². The van der Waals surface area contributed by atoms with Gasteiger partial charge in [-0.05, 0) is 6.07 Å². The lowest BCUT2D eigenvalue weighted by atomic mass is 9.98. The molecule has 4 heteroatoms. The van der Waals surface area contributed by atoms with Gasteiger partial charge in [-0.1, -0.05) is 18.2 Å². The molecule has 0 aromatic heterocycles. The Morgan fingerprint density at radius 2 is 2.27 bits per heavy atom. The maximum atomic E-state index is 10.8. The van der Waals surface area contributed by atoms with Crippen molar-refractivity contribution in [2.45, 2.75) is 5.92 Å². The number of hydrogen-bond donors (Lipinski definition) is 1. The maximum absolute atomic E-state index is 10.8. The minimum atomic E-state index is -0.346. The molecule has 1 heterocycles.